The van der Waals surface area contributed by atoms with Crippen molar-refractivity contribution in [3.8, 4) is 5.75 Å². The Kier molecular flexibility index (Phi) is 7.54. The van der Waals surface area contributed by atoms with Gasteiger partial charge in [-0.05, 0) is 36.8 Å². The summed E-state index contributed by atoms with van der Waals surface area (Å²) < 4.78 is 6.70. The lowest BCUT2D eigenvalue weighted by molar-refractivity contribution is -0.119. The van der Waals surface area contributed by atoms with Gasteiger partial charge in [-0.2, -0.15) is 0 Å². The molecule has 2 N–H and O–H groups in total. The molecule has 0 spiro atoms. The number of nitrogens with one attached hydrogen (secondary N) is 2. The Morgan fingerprint density at radius 3 is 2.71 bits per heavy atom. The third-order valence-electron chi connectivity index (χ3n) is 4.33. The Balaban J connectivity index is 1.68. The van der Waals surface area contributed by atoms with Crippen molar-refractivity contribution in [2.45, 2.75) is 25.0 Å². The number of halogens is 1. The Morgan fingerprint density at radius 1 is 1.19 bits per heavy atom. The fourth-order valence-electron chi connectivity index (χ4n) is 2.90. The maximum Gasteiger partial charge on any atom is 0.273 e. The normalized spacial score (nSPS) is 10.7. The van der Waals surface area contributed by atoms with Crippen molar-refractivity contribution in [2.75, 3.05) is 12.9 Å². The van der Waals surface area contributed by atoms with E-state index in [-0.39, 0.29) is 16.9 Å². The molecule has 3 rings (SSSR count). The highest BCUT2D eigenvalue weighted by molar-refractivity contribution is 7.99. The number of hydrogen-bond acceptors (Lipinski definition) is 6. The number of benzene rings is 2. The van der Waals surface area contributed by atoms with Gasteiger partial charge in [-0.3, -0.25) is 29.8 Å². The van der Waals surface area contributed by atoms with Crippen molar-refractivity contribution in [2.24, 2.45) is 0 Å². The number of ether oxygens (including phenoxy) is 1. The minimum absolute atomic E-state index is 0.0402. The quantitative estimate of drug-likeness (QED) is 0.319. The number of hydrogen-bond donors (Lipinski definition) is 2. The topological polar surface area (TPSA) is 102 Å². The van der Waals surface area contributed by atoms with E-state index in [0.29, 0.717) is 33.4 Å². The minimum atomic E-state index is -0.565. The summed E-state index contributed by atoms with van der Waals surface area (Å²) in [6, 6.07) is 11.7. The third kappa shape index (κ3) is 5.36. The van der Waals surface area contributed by atoms with Gasteiger partial charge in [0.05, 0.1) is 29.3 Å². The van der Waals surface area contributed by atoms with E-state index in [1.165, 1.54) is 13.2 Å². The van der Waals surface area contributed by atoms with Crippen LogP contribution in [0.15, 0.2) is 52.4 Å². The molecule has 8 nitrogen and oxygen atoms in total. The number of amides is 2. The number of aromatic nitrogens is 2. The van der Waals surface area contributed by atoms with Crippen LogP contribution in [0.3, 0.4) is 0 Å². The zero-order chi connectivity index (χ0) is 22.4. The minimum Gasteiger partial charge on any atom is -0.496 e. The summed E-state index contributed by atoms with van der Waals surface area (Å²) in [5.74, 6) is -0.731. The number of rotatable bonds is 7. The maximum absolute atomic E-state index is 12.8. The standard InChI is InChI=1S/C21H21ClN4O4S/c1-3-10-26-20(29)14-6-4-5-7-16(14)23-21(26)31-12-18(27)24-25-19(28)15-11-13(22)8-9-17(15)30-2/h4-9,11H,3,10,12H2,1-2H3,(H,24,27)(H,25,28). The fraction of sp³-hybridized carbons (Fsp3) is 0.238. The zero-order valence-corrected chi connectivity index (χ0v) is 18.5. The summed E-state index contributed by atoms with van der Waals surface area (Å²) in [6.45, 7) is 2.45. The Bertz CT molecular complexity index is 1180. The van der Waals surface area contributed by atoms with Crippen molar-refractivity contribution >= 4 is 46.1 Å². The summed E-state index contributed by atoms with van der Waals surface area (Å²) >= 11 is 7.06. The van der Waals surface area contributed by atoms with Gasteiger partial charge in [-0.1, -0.05) is 42.4 Å². The molecule has 0 bridgehead atoms. The fourth-order valence-corrected chi connectivity index (χ4v) is 3.89. The second-order valence-electron chi connectivity index (χ2n) is 6.50. The first-order chi connectivity index (χ1) is 14.9. The Hall–Kier alpha value is -3.04. The molecule has 0 aliphatic rings. The lowest BCUT2D eigenvalue weighted by Gasteiger charge is -2.13. The summed E-state index contributed by atoms with van der Waals surface area (Å²) in [5, 5.41) is 1.35. The molecule has 0 aliphatic carbocycles. The van der Waals surface area contributed by atoms with Gasteiger partial charge >= 0.3 is 0 Å². The van der Waals surface area contributed by atoms with E-state index < -0.39 is 11.8 Å². The van der Waals surface area contributed by atoms with E-state index in [9.17, 15) is 14.4 Å². The van der Waals surface area contributed by atoms with Gasteiger partial charge in [0.15, 0.2) is 5.16 Å². The molecule has 1 heterocycles. The summed E-state index contributed by atoms with van der Waals surface area (Å²) in [4.78, 5) is 41.9. The molecule has 0 atom stereocenters. The molecule has 3 aromatic rings. The van der Waals surface area contributed by atoms with Gasteiger partial charge in [0.2, 0.25) is 5.91 Å². The Labute approximate surface area is 187 Å². The van der Waals surface area contributed by atoms with E-state index in [1.807, 2.05) is 6.92 Å². The first-order valence-corrected chi connectivity index (χ1v) is 10.9. The molecular weight excluding hydrogens is 440 g/mol. The molecule has 162 valence electrons. The van der Waals surface area contributed by atoms with Gasteiger partial charge in [0.25, 0.3) is 11.5 Å². The van der Waals surface area contributed by atoms with Crippen molar-refractivity contribution in [3.05, 3.63) is 63.4 Å². The molecule has 2 amide bonds. The van der Waals surface area contributed by atoms with Crippen molar-refractivity contribution in [1.29, 1.82) is 0 Å². The van der Waals surface area contributed by atoms with Crippen molar-refractivity contribution in [1.82, 2.24) is 20.4 Å². The first kappa shape index (κ1) is 22.6. The van der Waals surface area contributed by atoms with E-state index in [1.54, 1.807) is 41.0 Å². The second-order valence-corrected chi connectivity index (χ2v) is 7.88. The Morgan fingerprint density at radius 2 is 1.97 bits per heavy atom. The van der Waals surface area contributed by atoms with Gasteiger partial charge < -0.3 is 4.74 Å². The number of fused-ring (bicyclic) bond motifs is 1. The van der Waals surface area contributed by atoms with Crippen molar-refractivity contribution in [3.63, 3.8) is 0 Å². The SMILES string of the molecule is CCCn1c(SCC(=O)NNC(=O)c2cc(Cl)ccc2OC)nc2ccccc2c1=O. The van der Waals surface area contributed by atoms with E-state index in [0.717, 1.165) is 18.2 Å². The summed E-state index contributed by atoms with van der Waals surface area (Å²) in [7, 11) is 1.43. The van der Waals surface area contributed by atoms with Crippen LogP contribution < -0.4 is 21.1 Å². The average Bonchev–Trinajstić information content (AvgIpc) is 2.78. The maximum atomic E-state index is 12.8. The van der Waals surface area contributed by atoms with Crippen LogP contribution in [0, 0.1) is 0 Å². The molecule has 0 unspecified atom stereocenters. The third-order valence-corrected chi connectivity index (χ3v) is 5.54. The van der Waals surface area contributed by atoms with Crippen LogP contribution >= 0.6 is 23.4 Å². The number of nitrogens with zero attached hydrogens (tertiary/aromatic N) is 2. The van der Waals surface area contributed by atoms with Crippen LogP contribution in [0.1, 0.15) is 23.7 Å². The van der Waals surface area contributed by atoms with Gasteiger partial charge in [-0.25, -0.2) is 4.98 Å². The van der Waals surface area contributed by atoms with Gasteiger partial charge in [-0.15, -0.1) is 0 Å². The van der Waals surface area contributed by atoms with Gasteiger partial charge in [0, 0.05) is 11.6 Å². The van der Waals surface area contributed by atoms with Crippen LogP contribution in [0.25, 0.3) is 10.9 Å². The lowest BCUT2D eigenvalue weighted by Crippen LogP contribution is -2.42. The number of para-hydroxylation sites is 1. The highest BCUT2D eigenvalue weighted by Gasteiger charge is 2.15. The number of carbonyl (C=O) groups is 2. The molecule has 0 radical (unpaired) electrons. The molecule has 1 aromatic heterocycles. The van der Waals surface area contributed by atoms with E-state index in [2.05, 4.69) is 15.8 Å². The first-order valence-electron chi connectivity index (χ1n) is 9.49. The lowest BCUT2D eigenvalue weighted by atomic mass is 10.2. The number of methoxy groups -OCH3 is 1. The van der Waals surface area contributed by atoms with Crippen molar-refractivity contribution < 1.29 is 14.3 Å². The number of hydrazine groups is 1. The smallest absolute Gasteiger partial charge is 0.273 e. The summed E-state index contributed by atoms with van der Waals surface area (Å²) in [5.41, 5.74) is 5.31. The molecule has 10 heteroatoms. The monoisotopic (exact) mass is 460 g/mol. The van der Waals surface area contributed by atoms with Crippen LogP contribution in [0.4, 0.5) is 0 Å². The average molecular weight is 461 g/mol. The van der Waals surface area contributed by atoms with Crippen LogP contribution in [0.2, 0.25) is 5.02 Å². The molecule has 0 fully saturated rings. The predicted octanol–water partition coefficient (Wildman–Crippen LogP) is 3.02. The molecule has 0 aliphatic heterocycles. The van der Waals surface area contributed by atoms with Crippen LogP contribution in [-0.4, -0.2) is 34.2 Å². The molecule has 0 saturated carbocycles. The second kappa shape index (κ2) is 10.3. The highest BCUT2D eigenvalue weighted by atomic mass is 35.5. The van der Waals surface area contributed by atoms with Crippen LogP contribution in [-0.2, 0) is 11.3 Å². The molecule has 31 heavy (non-hydrogen) atoms. The predicted molar refractivity (Wildman–Crippen MR) is 121 cm³/mol. The number of thioether (sulfide) groups is 1. The molecule has 0 saturated heterocycles. The zero-order valence-electron chi connectivity index (χ0n) is 17.0. The van der Waals surface area contributed by atoms with Gasteiger partial charge in [0.1, 0.15) is 5.75 Å². The van der Waals surface area contributed by atoms with E-state index >= 15 is 0 Å². The van der Waals surface area contributed by atoms with E-state index in [4.69, 9.17) is 16.3 Å². The highest BCUT2D eigenvalue weighted by Crippen LogP contribution is 2.22. The largest absolute Gasteiger partial charge is 0.496 e. The molecular formula is C21H21ClN4O4S. The summed E-state index contributed by atoms with van der Waals surface area (Å²) in [6.07, 6.45) is 0.747. The molecule has 2 aromatic carbocycles. The number of carbonyl (C=O) groups excluding carboxylic acids is 2. The van der Waals surface area contributed by atoms with Crippen LogP contribution in [0.5, 0.6) is 5.75 Å².